The van der Waals surface area contributed by atoms with Crippen molar-refractivity contribution in [3.8, 4) is 17.2 Å². The average molecular weight is 573 g/mol. The van der Waals surface area contributed by atoms with E-state index < -0.39 is 35.7 Å². The highest BCUT2D eigenvalue weighted by Crippen LogP contribution is 2.34. The molecule has 4 amide bonds. The van der Waals surface area contributed by atoms with Crippen molar-refractivity contribution in [2.75, 3.05) is 26.7 Å². The highest BCUT2D eigenvalue weighted by atomic mass is 19.1. The van der Waals surface area contributed by atoms with Gasteiger partial charge in [-0.05, 0) is 62.1 Å². The summed E-state index contributed by atoms with van der Waals surface area (Å²) in [5, 5.41) is 18.0. The highest BCUT2D eigenvalue weighted by Gasteiger charge is 2.22. The van der Waals surface area contributed by atoms with E-state index in [9.17, 15) is 28.7 Å². The molecule has 0 radical (unpaired) electrons. The van der Waals surface area contributed by atoms with E-state index in [1.165, 1.54) is 43.2 Å². The predicted molar refractivity (Wildman–Crippen MR) is 148 cm³/mol. The first-order valence-corrected chi connectivity index (χ1v) is 13.6. The van der Waals surface area contributed by atoms with E-state index in [0.29, 0.717) is 30.6 Å². The zero-order valence-corrected chi connectivity index (χ0v) is 23.5. The van der Waals surface area contributed by atoms with Crippen LogP contribution in [-0.2, 0) is 20.9 Å². The molecule has 4 bridgehead atoms. The van der Waals surface area contributed by atoms with Crippen LogP contribution in [0.5, 0.6) is 17.2 Å². The van der Waals surface area contributed by atoms with Gasteiger partial charge >= 0.3 is 0 Å². The Bertz CT molecular complexity index is 1250. The number of amides is 4. The number of rotatable bonds is 3. The van der Waals surface area contributed by atoms with Crippen LogP contribution in [0, 0.1) is 5.82 Å². The number of nitrogens with one attached hydrogen (secondary N) is 3. The number of carbonyl (C=O) groups is 4. The summed E-state index contributed by atoms with van der Waals surface area (Å²) in [4.78, 5) is 52.0. The number of aliphatic hydroxyl groups excluding tert-OH is 1. The third-order valence-electron chi connectivity index (χ3n) is 6.56. The van der Waals surface area contributed by atoms with Crippen LogP contribution in [0.3, 0.4) is 0 Å². The number of methoxy groups -OCH3 is 1. The molecule has 0 aliphatic carbocycles. The summed E-state index contributed by atoms with van der Waals surface area (Å²) in [6.45, 7) is 3.85. The van der Waals surface area contributed by atoms with E-state index in [2.05, 4.69) is 16.0 Å². The number of ether oxygens (including phenoxy) is 2. The van der Waals surface area contributed by atoms with Gasteiger partial charge in [0.05, 0.1) is 7.11 Å². The van der Waals surface area contributed by atoms with Crippen LogP contribution in [0.4, 0.5) is 4.39 Å². The van der Waals surface area contributed by atoms with Gasteiger partial charge in [0, 0.05) is 38.2 Å². The number of carbonyl (C=O) groups excluding carboxylic acids is 4. The molecule has 2 aromatic carbocycles. The lowest BCUT2D eigenvalue weighted by Gasteiger charge is -2.24. The van der Waals surface area contributed by atoms with Crippen molar-refractivity contribution in [1.29, 1.82) is 0 Å². The van der Waals surface area contributed by atoms with Crippen molar-refractivity contribution in [3.63, 3.8) is 0 Å². The summed E-state index contributed by atoms with van der Waals surface area (Å²) in [7, 11) is 1.42. The number of fused-ring (bicyclic) bond motifs is 16. The number of halogens is 1. The van der Waals surface area contributed by atoms with Crippen LogP contribution in [0.1, 0.15) is 55.5 Å². The topological polar surface area (TPSA) is 146 Å². The summed E-state index contributed by atoms with van der Waals surface area (Å²) >= 11 is 0. The molecule has 11 nitrogen and oxygen atoms in total. The third kappa shape index (κ3) is 8.90. The smallest absolute Gasteiger partial charge is 0.251 e. The van der Waals surface area contributed by atoms with Crippen LogP contribution in [0.15, 0.2) is 36.4 Å². The normalized spacial score (nSPS) is 18.4. The first-order valence-electron chi connectivity index (χ1n) is 13.6. The lowest BCUT2D eigenvalue weighted by atomic mass is 10.1. The quantitative estimate of drug-likeness (QED) is 0.441. The first-order chi connectivity index (χ1) is 19.6. The van der Waals surface area contributed by atoms with Crippen LogP contribution >= 0.6 is 0 Å². The minimum Gasteiger partial charge on any atom is -0.493 e. The van der Waals surface area contributed by atoms with Gasteiger partial charge in [-0.25, -0.2) is 4.39 Å². The second-order valence-electron chi connectivity index (χ2n) is 9.69. The minimum absolute atomic E-state index is 0.0256. The summed E-state index contributed by atoms with van der Waals surface area (Å²) in [5.74, 6) is -2.01. The van der Waals surface area contributed by atoms with Crippen molar-refractivity contribution < 1.29 is 38.1 Å². The zero-order chi connectivity index (χ0) is 29.9. The molecule has 0 saturated heterocycles. The summed E-state index contributed by atoms with van der Waals surface area (Å²) in [6.07, 6.45) is -0.0958. The van der Waals surface area contributed by atoms with Gasteiger partial charge < -0.3 is 35.4 Å². The van der Waals surface area contributed by atoms with Gasteiger partial charge in [-0.1, -0.05) is 13.0 Å². The van der Waals surface area contributed by atoms with Crippen molar-refractivity contribution in [1.82, 2.24) is 20.9 Å². The fraction of sp³-hybridized carbons (Fsp3) is 0.448. The number of nitrogens with zero attached hydrogens (tertiary/aromatic N) is 1. The Hall–Kier alpha value is -4.19. The molecule has 0 unspecified atom stereocenters. The maximum absolute atomic E-state index is 14.9. The predicted octanol–water partition coefficient (Wildman–Crippen LogP) is 2.26. The highest BCUT2D eigenvalue weighted by molar-refractivity contribution is 5.95. The average Bonchev–Trinajstić information content (AvgIpc) is 2.95. The van der Waals surface area contributed by atoms with Gasteiger partial charge in [-0.2, -0.15) is 0 Å². The standard InChI is InChI=1S/C29H37FN4O7/c1-4-22-28(38)32-17-19-8-10-23(21(30)15-19)41-25-16-20(9-11-24(25)40-3)27(37)31-12-6-14-34(29(39)18(2)35)13-5-7-26(36)33-22/h8-11,15-16,18,22,35H,4-7,12-14,17H2,1-3H3,(H,31,37)(H,32,38)(H,33,36)/t18-,22-/m0/s1. The molecule has 0 aromatic heterocycles. The molecule has 4 N–H and O–H groups in total. The second kappa shape index (κ2) is 15.0. The molecular weight excluding hydrogens is 535 g/mol. The van der Waals surface area contributed by atoms with E-state index in [1.807, 2.05) is 0 Å². The molecule has 41 heavy (non-hydrogen) atoms. The van der Waals surface area contributed by atoms with Crippen molar-refractivity contribution in [2.24, 2.45) is 0 Å². The van der Waals surface area contributed by atoms with Crippen LogP contribution in [-0.4, -0.2) is 72.5 Å². The van der Waals surface area contributed by atoms with Crippen molar-refractivity contribution in [3.05, 3.63) is 53.3 Å². The summed E-state index contributed by atoms with van der Waals surface area (Å²) in [5.41, 5.74) is 0.734. The largest absolute Gasteiger partial charge is 0.493 e. The molecule has 0 spiro atoms. The van der Waals surface area contributed by atoms with E-state index in [-0.39, 0.29) is 55.6 Å². The Morgan fingerprint density at radius 1 is 1.12 bits per heavy atom. The van der Waals surface area contributed by atoms with Gasteiger partial charge in [0.15, 0.2) is 23.1 Å². The molecule has 0 fully saturated rings. The van der Waals surface area contributed by atoms with Gasteiger partial charge in [-0.15, -0.1) is 0 Å². The third-order valence-corrected chi connectivity index (χ3v) is 6.56. The number of hydrogen-bond acceptors (Lipinski definition) is 7. The summed E-state index contributed by atoms with van der Waals surface area (Å²) in [6, 6.07) is 7.98. The molecule has 12 heteroatoms. The Kier molecular flexibility index (Phi) is 11.5. The number of benzene rings is 2. The van der Waals surface area contributed by atoms with E-state index >= 15 is 0 Å². The molecule has 2 aromatic rings. The van der Waals surface area contributed by atoms with Crippen LogP contribution in [0.2, 0.25) is 0 Å². The number of aliphatic hydroxyl groups is 1. The van der Waals surface area contributed by atoms with Gasteiger partial charge in [0.25, 0.3) is 11.8 Å². The molecular formula is C29H37FN4O7. The van der Waals surface area contributed by atoms with Crippen LogP contribution in [0.25, 0.3) is 0 Å². The lowest BCUT2D eigenvalue weighted by molar-refractivity contribution is -0.139. The molecule has 0 saturated carbocycles. The van der Waals surface area contributed by atoms with E-state index in [1.54, 1.807) is 19.1 Å². The molecule has 2 heterocycles. The number of hydrogen-bond donors (Lipinski definition) is 4. The monoisotopic (exact) mass is 572 g/mol. The fourth-order valence-electron chi connectivity index (χ4n) is 4.29. The van der Waals surface area contributed by atoms with E-state index in [4.69, 9.17) is 9.47 Å². The Labute approximate surface area is 238 Å². The van der Waals surface area contributed by atoms with Crippen LogP contribution < -0.4 is 25.4 Å². The van der Waals surface area contributed by atoms with Gasteiger partial charge in [0.1, 0.15) is 12.1 Å². The maximum Gasteiger partial charge on any atom is 0.251 e. The summed E-state index contributed by atoms with van der Waals surface area (Å²) < 4.78 is 26.0. The molecule has 2 aliphatic heterocycles. The van der Waals surface area contributed by atoms with E-state index in [0.717, 1.165) is 0 Å². The Morgan fingerprint density at radius 3 is 2.56 bits per heavy atom. The van der Waals surface area contributed by atoms with Gasteiger partial charge in [-0.3, -0.25) is 19.2 Å². The first kappa shape index (κ1) is 31.3. The van der Waals surface area contributed by atoms with Gasteiger partial charge in [0.2, 0.25) is 11.8 Å². The SMILES string of the molecule is CC[C@@H]1NC(=O)CCCN(C(=O)[C@H](C)O)CCCNC(=O)c2ccc(OC)c(c2)Oc2ccc(cc2F)CNC1=O. The maximum atomic E-state index is 14.9. The minimum atomic E-state index is -1.22. The molecule has 2 aliphatic rings. The molecule has 2 atom stereocenters. The molecule has 222 valence electrons. The zero-order valence-electron chi connectivity index (χ0n) is 23.5. The lowest BCUT2D eigenvalue weighted by Crippen LogP contribution is -2.46. The fourth-order valence-corrected chi connectivity index (χ4v) is 4.29. The molecule has 4 rings (SSSR count). The Morgan fingerprint density at radius 2 is 1.88 bits per heavy atom. The second-order valence-corrected chi connectivity index (χ2v) is 9.69. The van der Waals surface area contributed by atoms with Crippen molar-refractivity contribution in [2.45, 2.75) is 58.2 Å². The Balaban J connectivity index is 1.85. The van der Waals surface area contributed by atoms with Crippen molar-refractivity contribution >= 4 is 23.6 Å².